The zero-order valence-electron chi connectivity index (χ0n) is 12.1. The minimum atomic E-state index is 0.0535. The highest BCUT2D eigenvalue weighted by Crippen LogP contribution is 2.10. The van der Waals surface area contributed by atoms with Crippen molar-refractivity contribution in [2.24, 2.45) is 0 Å². The summed E-state index contributed by atoms with van der Waals surface area (Å²) in [5.74, 6) is 0.0535. The average molecular weight is 248 g/mol. The van der Waals surface area contributed by atoms with Crippen LogP contribution in [0, 0.1) is 0 Å². The third kappa shape index (κ3) is 3.84. The normalized spacial score (nSPS) is 11.1. The molecule has 1 rings (SSSR count). The van der Waals surface area contributed by atoms with Crippen LogP contribution in [0.1, 0.15) is 36.7 Å². The molecule has 0 N–H and O–H groups in total. The molecule has 100 valence electrons. The molecule has 0 aliphatic rings. The molecule has 0 atom stereocenters. The van der Waals surface area contributed by atoms with Crippen molar-refractivity contribution in [2.75, 3.05) is 20.6 Å². The van der Waals surface area contributed by atoms with Crippen LogP contribution in [-0.4, -0.2) is 42.4 Å². The van der Waals surface area contributed by atoms with Gasteiger partial charge in [0.1, 0.15) is 0 Å². The highest BCUT2D eigenvalue weighted by atomic mass is 16.2. The van der Waals surface area contributed by atoms with E-state index < -0.39 is 0 Å². The first kappa shape index (κ1) is 14.7. The fourth-order valence-corrected chi connectivity index (χ4v) is 1.90. The third-order valence-corrected chi connectivity index (χ3v) is 3.13. The number of carbonyl (C=O) groups excluding carboxylic acids is 1. The number of benzene rings is 1. The van der Waals surface area contributed by atoms with Crippen LogP contribution < -0.4 is 0 Å². The van der Waals surface area contributed by atoms with Crippen molar-refractivity contribution in [3.63, 3.8) is 0 Å². The van der Waals surface area contributed by atoms with E-state index in [0.29, 0.717) is 6.04 Å². The Balaban J connectivity index is 2.74. The number of carbonyl (C=O) groups is 1. The van der Waals surface area contributed by atoms with Crippen LogP contribution in [0.5, 0.6) is 0 Å². The molecule has 0 radical (unpaired) electrons. The second-order valence-electron chi connectivity index (χ2n) is 5.05. The zero-order chi connectivity index (χ0) is 13.7. The van der Waals surface area contributed by atoms with E-state index in [1.807, 2.05) is 24.3 Å². The van der Waals surface area contributed by atoms with Crippen LogP contribution in [0.2, 0.25) is 0 Å². The molecule has 1 aromatic carbocycles. The minimum absolute atomic E-state index is 0.0535. The van der Waals surface area contributed by atoms with Crippen LogP contribution in [0.3, 0.4) is 0 Å². The standard InChI is InChI=1S/C15H24N2O/c1-6-17(12(2)3)11-13-7-9-14(10-8-13)15(18)16(4)5/h7-10,12H,6,11H2,1-5H3. The fourth-order valence-electron chi connectivity index (χ4n) is 1.90. The zero-order valence-corrected chi connectivity index (χ0v) is 12.1. The van der Waals surface area contributed by atoms with Gasteiger partial charge in [-0.05, 0) is 38.1 Å². The van der Waals surface area contributed by atoms with Gasteiger partial charge in [0, 0.05) is 32.2 Å². The molecule has 3 heteroatoms. The lowest BCUT2D eigenvalue weighted by Gasteiger charge is -2.24. The molecule has 0 bridgehead atoms. The number of nitrogens with zero attached hydrogens (tertiary/aromatic N) is 2. The van der Waals surface area contributed by atoms with Crippen LogP contribution in [0.25, 0.3) is 0 Å². The van der Waals surface area contributed by atoms with Crippen molar-refractivity contribution in [1.29, 1.82) is 0 Å². The maximum Gasteiger partial charge on any atom is 0.253 e. The maximum atomic E-state index is 11.8. The Morgan fingerprint density at radius 3 is 2.11 bits per heavy atom. The van der Waals surface area contributed by atoms with Gasteiger partial charge in [-0.25, -0.2) is 0 Å². The van der Waals surface area contributed by atoms with Gasteiger partial charge in [-0.15, -0.1) is 0 Å². The van der Waals surface area contributed by atoms with E-state index in [1.54, 1.807) is 19.0 Å². The molecule has 0 saturated carbocycles. The topological polar surface area (TPSA) is 23.6 Å². The Labute approximate surface area is 110 Å². The van der Waals surface area contributed by atoms with Crippen molar-refractivity contribution >= 4 is 5.91 Å². The Morgan fingerprint density at radius 2 is 1.72 bits per heavy atom. The Morgan fingerprint density at radius 1 is 1.17 bits per heavy atom. The van der Waals surface area contributed by atoms with Gasteiger partial charge >= 0.3 is 0 Å². The molecule has 0 unspecified atom stereocenters. The van der Waals surface area contributed by atoms with Gasteiger partial charge in [0.2, 0.25) is 0 Å². The minimum Gasteiger partial charge on any atom is -0.345 e. The predicted molar refractivity (Wildman–Crippen MR) is 75.7 cm³/mol. The van der Waals surface area contributed by atoms with E-state index in [1.165, 1.54) is 5.56 Å². The molecule has 0 spiro atoms. The average Bonchev–Trinajstić information content (AvgIpc) is 2.35. The van der Waals surface area contributed by atoms with Crippen molar-refractivity contribution in [3.8, 4) is 0 Å². The largest absolute Gasteiger partial charge is 0.345 e. The first-order valence-electron chi connectivity index (χ1n) is 6.50. The molecule has 3 nitrogen and oxygen atoms in total. The molecular formula is C15H24N2O. The summed E-state index contributed by atoms with van der Waals surface area (Å²) in [6.45, 7) is 8.55. The summed E-state index contributed by atoms with van der Waals surface area (Å²) < 4.78 is 0. The summed E-state index contributed by atoms with van der Waals surface area (Å²) >= 11 is 0. The van der Waals surface area contributed by atoms with E-state index in [-0.39, 0.29) is 5.91 Å². The Bertz CT molecular complexity index is 382. The number of hydrogen-bond acceptors (Lipinski definition) is 2. The first-order valence-corrected chi connectivity index (χ1v) is 6.50. The van der Waals surface area contributed by atoms with E-state index in [9.17, 15) is 4.79 Å². The summed E-state index contributed by atoms with van der Waals surface area (Å²) in [4.78, 5) is 15.7. The molecule has 0 aliphatic heterocycles. The van der Waals surface area contributed by atoms with Crippen molar-refractivity contribution < 1.29 is 4.79 Å². The smallest absolute Gasteiger partial charge is 0.253 e. The van der Waals surface area contributed by atoms with Gasteiger partial charge < -0.3 is 4.90 Å². The fraction of sp³-hybridized carbons (Fsp3) is 0.533. The Kier molecular flexibility index (Phi) is 5.35. The van der Waals surface area contributed by atoms with Gasteiger partial charge in [0.25, 0.3) is 5.91 Å². The molecule has 18 heavy (non-hydrogen) atoms. The van der Waals surface area contributed by atoms with E-state index in [2.05, 4.69) is 25.7 Å². The molecule has 0 aliphatic carbocycles. The summed E-state index contributed by atoms with van der Waals surface area (Å²) in [7, 11) is 3.54. The molecule has 0 heterocycles. The number of amides is 1. The highest BCUT2D eigenvalue weighted by Gasteiger charge is 2.10. The lowest BCUT2D eigenvalue weighted by Crippen LogP contribution is -2.30. The second kappa shape index (κ2) is 6.55. The summed E-state index contributed by atoms with van der Waals surface area (Å²) in [5.41, 5.74) is 2.00. The second-order valence-corrected chi connectivity index (χ2v) is 5.05. The molecule has 0 saturated heterocycles. The summed E-state index contributed by atoms with van der Waals surface area (Å²) in [5, 5.41) is 0. The van der Waals surface area contributed by atoms with Crippen LogP contribution in [-0.2, 0) is 6.54 Å². The van der Waals surface area contributed by atoms with E-state index in [4.69, 9.17) is 0 Å². The van der Waals surface area contributed by atoms with Gasteiger partial charge in [-0.2, -0.15) is 0 Å². The molecule has 1 amide bonds. The van der Waals surface area contributed by atoms with Crippen molar-refractivity contribution in [3.05, 3.63) is 35.4 Å². The lowest BCUT2D eigenvalue weighted by molar-refractivity contribution is 0.0827. The SMILES string of the molecule is CCN(Cc1ccc(C(=O)N(C)C)cc1)C(C)C. The Hall–Kier alpha value is -1.35. The quantitative estimate of drug-likeness (QED) is 0.799. The number of rotatable bonds is 5. The van der Waals surface area contributed by atoms with E-state index in [0.717, 1.165) is 18.7 Å². The van der Waals surface area contributed by atoms with Gasteiger partial charge in [-0.1, -0.05) is 19.1 Å². The van der Waals surface area contributed by atoms with Crippen LogP contribution in [0.4, 0.5) is 0 Å². The number of hydrogen-bond donors (Lipinski definition) is 0. The van der Waals surface area contributed by atoms with Gasteiger partial charge in [-0.3, -0.25) is 9.69 Å². The van der Waals surface area contributed by atoms with Gasteiger partial charge in [0.05, 0.1) is 0 Å². The molecule has 0 aromatic heterocycles. The molecule has 0 fully saturated rings. The van der Waals surface area contributed by atoms with Crippen molar-refractivity contribution in [1.82, 2.24) is 9.80 Å². The lowest BCUT2D eigenvalue weighted by atomic mass is 10.1. The van der Waals surface area contributed by atoms with Crippen molar-refractivity contribution in [2.45, 2.75) is 33.4 Å². The monoisotopic (exact) mass is 248 g/mol. The van der Waals surface area contributed by atoms with Gasteiger partial charge in [0.15, 0.2) is 0 Å². The van der Waals surface area contributed by atoms with Crippen LogP contribution >= 0.6 is 0 Å². The molecule has 1 aromatic rings. The maximum absolute atomic E-state index is 11.8. The third-order valence-electron chi connectivity index (χ3n) is 3.13. The molecular weight excluding hydrogens is 224 g/mol. The predicted octanol–water partition coefficient (Wildman–Crippen LogP) is 2.62. The summed E-state index contributed by atoms with van der Waals surface area (Å²) in [6, 6.07) is 8.44. The summed E-state index contributed by atoms with van der Waals surface area (Å²) in [6.07, 6.45) is 0. The van der Waals surface area contributed by atoms with Crippen LogP contribution in [0.15, 0.2) is 24.3 Å². The van der Waals surface area contributed by atoms with E-state index >= 15 is 0 Å². The first-order chi connectivity index (χ1) is 8.45. The highest BCUT2D eigenvalue weighted by molar-refractivity contribution is 5.93.